The Morgan fingerprint density at radius 1 is 0.474 bits per heavy atom. The second-order valence-electron chi connectivity index (χ2n) is 9.32. The fourth-order valence-electron chi connectivity index (χ4n) is 4.02. The Balaban J connectivity index is 3.67. The van der Waals surface area contributed by atoms with Gasteiger partial charge in [-0.05, 0) is 27.1 Å². The fraction of sp³-hybridized carbons (Fsp3) is 1.00. The lowest BCUT2D eigenvalue weighted by Crippen LogP contribution is -2.53. The highest BCUT2D eigenvalue weighted by molar-refractivity contribution is 5.14. The molecule has 2 atom stereocenters. The molecule has 114 valence electrons. The van der Waals surface area contributed by atoms with Crippen molar-refractivity contribution in [3.05, 3.63) is 0 Å². The maximum absolute atomic E-state index is 11.1. The molecule has 0 radical (unpaired) electrons. The quantitative estimate of drug-likeness (QED) is 0.656. The van der Waals surface area contributed by atoms with Crippen LogP contribution < -0.4 is 0 Å². The molecule has 0 aromatic heterocycles. The highest BCUT2D eigenvalue weighted by Gasteiger charge is 2.66. The second kappa shape index (κ2) is 3.98. The van der Waals surface area contributed by atoms with Crippen molar-refractivity contribution in [2.24, 2.45) is 27.1 Å². The lowest BCUT2D eigenvalue weighted by molar-refractivity contribution is -0.126. The summed E-state index contributed by atoms with van der Waals surface area (Å²) in [6.45, 7) is 21.2. The van der Waals surface area contributed by atoms with Crippen molar-refractivity contribution in [3.8, 4) is 0 Å². The van der Waals surface area contributed by atoms with E-state index in [1.165, 1.54) is 0 Å². The molecule has 0 bridgehead atoms. The van der Waals surface area contributed by atoms with Gasteiger partial charge in [0.15, 0.2) is 0 Å². The van der Waals surface area contributed by atoms with Crippen molar-refractivity contribution in [1.29, 1.82) is 0 Å². The zero-order valence-electron chi connectivity index (χ0n) is 14.5. The summed E-state index contributed by atoms with van der Waals surface area (Å²) in [4.78, 5) is 0. The van der Waals surface area contributed by atoms with Crippen molar-refractivity contribution >= 4 is 0 Å². The van der Waals surface area contributed by atoms with Crippen LogP contribution in [0.1, 0.15) is 69.2 Å². The van der Waals surface area contributed by atoms with Gasteiger partial charge in [0.05, 0.1) is 12.2 Å². The molecular weight excluding hydrogens is 236 g/mol. The molecule has 1 fully saturated rings. The van der Waals surface area contributed by atoms with Gasteiger partial charge in [-0.25, -0.2) is 0 Å². The summed E-state index contributed by atoms with van der Waals surface area (Å²) < 4.78 is 0. The molecule has 0 aromatic rings. The van der Waals surface area contributed by atoms with Crippen LogP contribution in [-0.4, -0.2) is 22.4 Å². The lowest BCUT2D eigenvalue weighted by atomic mass is 9.52. The van der Waals surface area contributed by atoms with Crippen molar-refractivity contribution in [1.82, 2.24) is 0 Å². The number of aliphatic hydroxyl groups excluding tert-OH is 2. The van der Waals surface area contributed by atoms with Gasteiger partial charge in [0.1, 0.15) is 0 Å². The first-order valence-corrected chi connectivity index (χ1v) is 7.42. The molecule has 1 aliphatic rings. The second-order valence-corrected chi connectivity index (χ2v) is 9.32. The minimum absolute atomic E-state index is 0.191. The van der Waals surface area contributed by atoms with Crippen molar-refractivity contribution < 1.29 is 10.2 Å². The molecule has 0 spiro atoms. The van der Waals surface area contributed by atoms with Gasteiger partial charge in [0.25, 0.3) is 0 Å². The predicted octanol–water partition coefficient (Wildman–Crippen LogP) is 3.85. The van der Waals surface area contributed by atoms with E-state index in [1.807, 2.05) is 0 Å². The molecule has 2 unspecified atom stereocenters. The summed E-state index contributed by atoms with van der Waals surface area (Å²) in [5, 5.41) is 22.1. The molecular formula is C17H34O2. The number of hydrogen-bond donors (Lipinski definition) is 2. The van der Waals surface area contributed by atoms with E-state index in [2.05, 4.69) is 69.2 Å². The van der Waals surface area contributed by atoms with Crippen LogP contribution in [0, 0.1) is 27.1 Å². The van der Waals surface area contributed by atoms with E-state index >= 15 is 0 Å². The first kappa shape index (κ1) is 17.0. The Hall–Kier alpha value is -0.0800. The van der Waals surface area contributed by atoms with Crippen LogP contribution in [0.3, 0.4) is 0 Å². The van der Waals surface area contributed by atoms with Gasteiger partial charge in [0, 0.05) is 0 Å². The molecule has 1 rings (SSSR count). The first-order valence-electron chi connectivity index (χ1n) is 7.42. The van der Waals surface area contributed by atoms with E-state index in [-0.39, 0.29) is 27.1 Å². The minimum atomic E-state index is -0.471. The summed E-state index contributed by atoms with van der Waals surface area (Å²) in [5.41, 5.74) is -1.48. The SMILES string of the molecule is CC1(C)C(O)C(C)(C)C(C)(C)C(C)(C)C(O)C1(C)C. The Morgan fingerprint density at radius 3 is 0.895 bits per heavy atom. The smallest absolute Gasteiger partial charge is 0.0653 e. The average molecular weight is 270 g/mol. The average Bonchev–Trinajstić information content (AvgIpc) is 2.25. The third-order valence-corrected chi connectivity index (χ3v) is 7.62. The van der Waals surface area contributed by atoms with Crippen LogP contribution in [0.4, 0.5) is 0 Å². The standard InChI is InChI=1S/C17H34O2/c1-13(2)11(18)15(5,6)17(9,10)16(7,8)12(19)14(13,3)4/h11-12,18-19H,1-10H3. The van der Waals surface area contributed by atoms with Gasteiger partial charge in [-0.1, -0.05) is 69.2 Å². The predicted molar refractivity (Wildman–Crippen MR) is 80.9 cm³/mol. The van der Waals surface area contributed by atoms with E-state index < -0.39 is 12.2 Å². The molecule has 1 aliphatic carbocycles. The third kappa shape index (κ3) is 1.75. The molecule has 0 aromatic carbocycles. The monoisotopic (exact) mass is 270 g/mol. The van der Waals surface area contributed by atoms with E-state index in [0.29, 0.717) is 0 Å². The number of aliphatic hydroxyl groups is 2. The maximum atomic E-state index is 11.1. The van der Waals surface area contributed by atoms with Crippen molar-refractivity contribution in [2.45, 2.75) is 81.4 Å². The minimum Gasteiger partial charge on any atom is -0.392 e. The van der Waals surface area contributed by atoms with E-state index in [9.17, 15) is 10.2 Å². The Morgan fingerprint density at radius 2 is 0.684 bits per heavy atom. The van der Waals surface area contributed by atoms with Crippen LogP contribution in [0.15, 0.2) is 0 Å². The summed E-state index contributed by atoms with van der Waals surface area (Å²) in [6, 6.07) is 0. The molecule has 0 aliphatic heterocycles. The van der Waals surface area contributed by atoms with Gasteiger partial charge in [-0.3, -0.25) is 0 Å². The van der Waals surface area contributed by atoms with Crippen LogP contribution in [-0.2, 0) is 0 Å². The van der Waals surface area contributed by atoms with Gasteiger partial charge in [-0.15, -0.1) is 0 Å². The molecule has 1 saturated carbocycles. The van der Waals surface area contributed by atoms with E-state index in [1.54, 1.807) is 0 Å². The number of hydrogen-bond acceptors (Lipinski definition) is 2. The van der Waals surface area contributed by atoms with Crippen LogP contribution in [0.2, 0.25) is 0 Å². The number of rotatable bonds is 0. The molecule has 19 heavy (non-hydrogen) atoms. The largest absolute Gasteiger partial charge is 0.392 e. The maximum Gasteiger partial charge on any atom is 0.0653 e. The Labute approximate surface area is 119 Å². The molecule has 0 heterocycles. The Bertz CT molecular complexity index is 327. The van der Waals surface area contributed by atoms with Gasteiger partial charge < -0.3 is 10.2 Å². The van der Waals surface area contributed by atoms with Crippen molar-refractivity contribution in [3.63, 3.8) is 0 Å². The lowest BCUT2D eigenvalue weighted by Gasteiger charge is -2.54. The Kier molecular flexibility index (Phi) is 3.55. The van der Waals surface area contributed by atoms with Crippen LogP contribution in [0.25, 0.3) is 0 Å². The summed E-state index contributed by atoms with van der Waals surface area (Å²) in [6.07, 6.45) is -0.942. The first-order chi connectivity index (χ1) is 8.06. The van der Waals surface area contributed by atoms with Gasteiger partial charge in [-0.2, -0.15) is 0 Å². The molecule has 0 amide bonds. The highest BCUT2D eigenvalue weighted by Crippen LogP contribution is 2.65. The van der Waals surface area contributed by atoms with E-state index in [4.69, 9.17) is 0 Å². The molecule has 0 saturated heterocycles. The normalized spacial score (nSPS) is 38.5. The molecule has 2 heteroatoms. The topological polar surface area (TPSA) is 40.5 Å². The highest BCUT2D eigenvalue weighted by atomic mass is 16.3. The summed E-state index contributed by atoms with van der Waals surface area (Å²) in [5.74, 6) is 0. The van der Waals surface area contributed by atoms with Crippen molar-refractivity contribution in [2.75, 3.05) is 0 Å². The van der Waals surface area contributed by atoms with E-state index in [0.717, 1.165) is 0 Å². The van der Waals surface area contributed by atoms with Crippen LogP contribution >= 0.6 is 0 Å². The fourth-order valence-corrected chi connectivity index (χ4v) is 4.02. The van der Waals surface area contributed by atoms with Gasteiger partial charge in [0.2, 0.25) is 0 Å². The zero-order valence-corrected chi connectivity index (χ0v) is 14.5. The van der Waals surface area contributed by atoms with Gasteiger partial charge >= 0.3 is 0 Å². The summed E-state index contributed by atoms with van der Waals surface area (Å²) in [7, 11) is 0. The summed E-state index contributed by atoms with van der Waals surface area (Å²) >= 11 is 0. The zero-order chi connectivity index (χ0) is 15.7. The molecule has 2 N–H and O–H groups in total. The van der Waals surface area contributed by atoms with Crippen LogP contribution in [0.5, 0.6) is 0 Å². The third-order valence-electron chi connectivity index (χ3n) is 7.62. The molecule has 2 nitrogen and oxygen atoms in total.